The average molecular weight is 485 g/mol. The number of carbonyl (C=O) groups is 1. The summed E-state index contributed by atoms with van der Waals surface area (Å²) in [4.78, 5) is 33.6. The summed E-state index contributed by atoms with van der Waals surface area (Å²) in [7, 11) is 0. The van der Waals surface area contributed by atoms with Gasteiger partial charge in [0.15, 0.2) is 16.9 Å². The third-order valence-corrected chi connectivity index (χ3v) is 6.37. The van der Waals surface area contributed by atoms with Crippen LogP contribution in [0.15, 0.2) is 64.1 Å². The number of nitrogens with zero attached hydrogens (tertiary/aromatic N) is 2. The predicted molar refractivity (Wildman–Crippen MR) is 137 cm³/mol. The van der Waals surface area contributed by atoms with Crippen LogP contribution < -0.4 is 14.9 Å². The number of benzene rings is 2. The number of hydrogen-bond acceptors (Lipinski definition) is 6. The average Bonchev–Trinajstić information content (AvgIpc) is 3.12. The summed E-state index contributed by atoms with van der Waals surface area (Å²) < 4.78 is 17.7. The highest BCUT2D eigenvalue weighted by Gasteiger charge is 2.43. The Kier molecular flexibility index (Phi) is 6.22. The first-order valence-electron chi connectivity index (χ1n) is 12.1. The Morgan fingerprint density at radius 2 is 1.78 bits per heavy atom. The van der Waals surface area contributed by atoms with Gasteiger partial charge in [0.2, 0.25) is 5.76 Å². The molecule has 7 heteroatoms. The molecule has 0 aliphatic carbocycles. The van der Waals surface area contributed by atoms with E-state index in [0.717, 1.165) is 22.3 Å². The van der Waals surface area contributed by atoms with Gasteiger partial charge in [0.1, 0.15) is 5.58 Å². The van der Waals surface area contributed by atoms with Gasteiger partial charge in [-0.05, 0) is 74.2 Å². The summed E-state index contributed by atoms with van der Waals surface area (Å²) >= 11 is 0. The van der Waals surface area contributed by atoms with Crippen LogP contribution in [0.1, 0.15) is 58.3 Å². The molecule has 0 N–H and O–H groups in total. The van der Waals surface area contributed by atoms with Crippen LogP contribution in [-0.2, 0) is 6.54 Å². The molecule has 1 aliphatic heterocycles. The fourth-order valence-electron chi connectivity index (χ4n) is 4.95. The second-order valence-electron chi connectivity index (χ2n) is 8.90. The fourth-order valence-corrected chi connectivity index (χ4v) is 4.95. The topological polar surface area (TPSA) is 81.9 Å². The Labute approximate surface area is 209 Å². The number of amides is 1. The second-order valence-corrected chi connectivity index (χ2v) is 8.90. The number of hydrogen-bond donors (Lipinski definition) is 0. The standard InChI is InChI=1S/C29H28N2O5/c1-5-34-21-10-9-20(14-22(21)35-6-2)26-25-27(32)24-18(4)12-17(3)13-23(24)36-28(25)29(33)31(26)16-19-8-7-11-30-15-19/h7-15,26H,5-6,16H2,1-4H3. The molecule has 3 heterocycles. The van der Waals surface area contributed by atoms with Gasteiger partial charge in [-0.3, -0.25) is 14.6 Å². The predicted octanol–water partition coefficient (Wildman–Crippen LogP) is 5.35. The zero-order chi connectivity index (χ0) is 25.4. The highest BCUT2D eigenvalue weighted by atomic mass is 16.5. The lowest BCUT2D eigenvalue weighted by atomic mass is 9.96. The van der Waals surface area contributed by atoms with E-state index in [1.165, 1.54) is 0 Å². The summed E-state index contributed by atoms with van der Waals surface area (Å²) in [5, 5.41) is 0.497. The van der Waals surface area contributed by atoms with Crippen LogP contribution in [0.5, 0.6) is 11.5 Å². The first-order valence-corrected chi connectivity index (χ1v) is 12.1. The lowest BCUT2D eigenvalue weighted by molar-refractivity contribution is 0.0714. The highest BCUT2D eigenvalue weighted by Crippen LogP contribution is 2.42. The quantitative estimate of drug-likeness (QED) is 0.352. The van der Waals surface area contributed by atoms with Crippen molar-refractivity contribution in [3.8, 4) is 11.5 Å². The van der Waals surface area contributed by atoms with E-state index in [-0.39, 0.29) is 23.6 Å². The molecule has 0 saturated heterocycles. The van der Waals surface area contributed by atoms with E-state index in [1.807, 2.05) is 64.1 Å². The molecule has 0 fully saturated rings. The maximum absolute atomic E-state index is 14.0. The molecule has 0 radical (unpaired) electrons. The van der Waals surface area contributed by atoms with Gasteiger partial charge in [0.05, 0.1) is 30.2 Å². The third kappa shape index (κ3) is 4.00. The van der Waals surface area contributed by atoms with Crippen LogP contribution in [-0.4, -0.2) is 29.0 Å². The smallest absolute Gasteiger partial charge is 0.291 e. The second kappa shape index (κ2) is 9.49. The van der Waals surface area contributed by atoms with Gasteiger partial charge in [-0.15, -0.1) is 0 Å². The zero-order valence-electron chi connectivity index (χ0n) is 20.8. The van der Waals surface area contributed by atoms with Crippen molar-refractivity contribution in [3.63, 3.8) is 0 Å². The van der Waals surface area contributed by atoms with Gasteiger partial charge in [-0.1, -0.05) is 18.2 Å². The van der Waals surface area contributed by atoms with E-state index in [1.54, 1.807) is 23.4 Å². The molecule has 2 aromatic carbocycles. The minimum Gasteiger partial charge on any atom is -0.490 e. The first kappa shape index (κ1) is 23.6. The molecule has 5 rings (SSSR count). The molecular formula is C29H28N2O5. The van der Waals surface area contributed by atoms with Gasteiger partial charge >= 0.3 is 0 Å². The van der Waals surface area contributed by atoms with Crippen molar-refractivity contribution in [2.45, 2.75) is 40.3 Å². The Hall–Kier alpha value is -4.13. The monoisotopic (exact) mass is 484 g/mol. The fraction of sp³-hybridized carbons (Fsp3) is 0.276. The van der Waals surface area contributed by atoms with Gasteiger partial charge in [0.25, 0.3) is 5.91 Å². The van der Waals surface area contributed by atoms with Gasteiger partial charge in [-0.2, -0.15) is 0 Å². The Morgan fingerprint density at radius 3 is 2.50 bits per heavy atom. The molecule has 0 bridgehead atoms. The maximum Gasteiger partial charge on any atom is 0.291 e. The molecule has 184 valence electrons. The van der Waals surface area contributed by atoms with E-state index in [2.05, 4.69) is 4.98 Å². The molecular weight excluding hydrogens is 456 g/mol. The number of fused-ring (bicyclic) bond motifs is 2. The molecule has 0 spiro atoms. The molecule has 1 unspecified atom stereocenters. The Bertz CT molecular complexity index is 1510. The van der Waals surface area contributed by atoms with Crippen molar-refractivity contribution in [1.82, 2.24) is 9.88 Å². The van der Waals surface area contributed by atoms with Gasteiger partial charge < -0.3 is 18.8 Å². The molecule has 0 saturated carbocycles. The van der Waals surface area contributed by atoms with E-state index in [4.69, 9.17) is 13.9 Å². The van der Waals surface area contributed by atoms with E-state index in [9.17, 15) is 9.59 Å². The molecule has 1 amide bonds. The van der Waals surface area contributed by atoms with Gasteiger partial charge in [-0.25, -0.2) is 0 Å². The molecule has 4 aromatic rings. The van der Waals surface area contributed by atoms with Crippen LogP contribution in [0.3, 0.4) is 0 Å². The highest BCUT2D eigenvalue weighted by molar-refractivity contribution is 5.99. The van der Waals surface area contributed by atoms with Crippen molar-refractivity contribution in [2.24, 2.45) is 0 Å². The van der Waals surface area contributed by atoms with Crippen molar-refractivity contribution < 1.29 is 18.7 Å². The molecule has 1 atom stereocenters. The maximum atomic E-state index is 14.0. The Morgan fingerprint density at radius 1 is 1.00 bits per heavy atom. The summed E-state index contributed by atoms with van der Waals surface area (Å²) in [5.74, 6) is 0.932. The van der Waals surface area contributed by atoms with Crippen molar-refractivity contribution in [3.05, 3.63) is 98.7 Å². The van der Waals surface area contributed by atoms with Crippen molar-refractivity contribution in [2.75, 3.05) is 13.2 Å². The number of rotatable bonds is 7. The minimum atomic E-state index is -0.649. The van der Waals surface area contributed by atoms with Gasteiger partial charge in [0, 0.05) is 18.9 Å². The summed E-state index contributed by atoms with van der Waals surface area (Å²) in [5.41, 5.74) is 3.95. The third-order valence-electron chi connectivity index (χ3n) is 6.37. The molecule has 7 nitrogen and oxygen atoms in total. The lowest BCUT2D eigenvalue weighted by Crippen LogP contribution is -2.29. The van der Waals surface area contributed by atoms with Crippen LogP contribution in [0.2, 0.25) is 0 Å². The summed E-state index contributed by atoms with van der Waals surface area (Å²) in [6, 6.07) is 12.4. The van der Waals surface area contributed by atoms with Crippen LogP contribution in [0.25, 0.3) is 11.0 Å². The van der Waals surface area contributed by atoms with Crippen molar-refractivity contribution >= 4 is 16.9 Å². The van der Waals surface area contributed by atoms with Crippen LogP contribution in [0, 0.1) is 13.8 Å². The number of aryl methyl sites for hydroxylation is 2. The van der Waals surface area contributed by atoms with Crippen LogP contribution in [0.4, 0.5) is 0 Å². The molecule has 36 heavy (non-hydrogen) atoms. The number of aromatic nitrogens is 1. The minimum absolute atomic E-state index is 0.0817. The van der Waals surface area contributed by atoms with E-state index < -0.39 is 6.04 Å². The normalized spacial score (nSPS) is 14.8. The number of pyridine rings is 1. The Balaban J connectivity index is 1.74. The SMILES string of the molecule is CCOc1ccc(C2c3c(oc4cc(C)cc(C)c4c3=O)C(=O)N2Cc2cccnc2)cc1OCC. The summed E-state index contributed by atoms with van der Waals surface area (Å²) in [6.45, 7) is 8.85. The molecule has 2 aromatic heterocycles. The number of ether oxygens (including phenoxy) is 2. The largest absolute Gasteiger partial charge is 0.490 e. The van der Waals surface area contributed by atoms with E-state index >= 15 is 0 Å². The van der Waals surface area contributed by atoms with Crippen molar-refractivity contribution in [1.29, 1.82) is 0 Å². The van der Waals surface area contributed by atoms with E-state index in [0.29, 0.717) is 41.2 Å². The van der Waals surface area contributed by atoms with Crippen LogP contribution >= 0.6 is 0 Å². The first-order chi connectivity index (χ1) is 17.4. The molecule has 1 aliphatic rings. The lowest BCUT2D eigenvalue weighted by Gasteiger charge is -2.26. The zero-order valence-corrected chi connectivity index (χ0v) is 20.8. The number of carbonyl (C=O) groups excluding carboxylic acids is 1. The summed E-state index contributed by atoms with van der Waals surface area (Å²) in [6.07, 6.45) is 3.40.